The van der Waals surface area contributed by atoms with Gasteiger partial charge in [-0.1, -0.05) is 11.8 Å². The summed E-state index contributed by atoms with van der Waals surface area (Å²) in [6.07, 6.45) is 0.0946. The van der Waals surface area contributed by atoms with Gasteiger partial charge in [0.1, 0.15) is 5.60 Å². The molecule has 7 nitrogen and oxygen atoms in total. The number of rotatable bonds is 5. The maximum absolute atomic E-state index is 11.3. The molecule has 18 heavy (non-hydrogen) atoms. The molecule has 1 N–H and O–H groups in total. The third-order valence-electron chi connectivity index (χ3n) is 1.60. The predicted octanol–water partition coefficient (Wildman–Crippen LogP) is 1.50. The van der Waals surface area contributed by atoms with E-state index in [1.807, 2.05) is 0 Å². The van der Waals surface area contributed by atoms with Crippen LogP contribution in [0.1, 0.15) is 31.3 Å². The maximum atomic E-state index is 11.3. The fourth-order valence-corrected chi connectivity index (χ4v) is 1.69. The number of carbonyl (C=O) groups is 2. The van der Waals surface area contributed by atoms with E-state index in [-0.39, 0.29) is 5.69 Å². The van der Waals surface area contributed by atoms with Crippen LogP contribution >= 0.6 is 11.8 Å². The van der Waals surface area contributed by atoms with Crippen LogP contribution in [0.2, 0.25) is 0 Å². The van der Waals surface area contributed by atoms with Crippen molar-refractivity contribution in [2.24, 2.45) is 0 Å². The maximum Gasteiger partial charge on any atom is 0.407 e. The highest BCUT2D eigenvalue weighted by Gasteiger charge is 2.15. The van der Waals surface area contributed by atoms with Crippen LogP contribution < -0.4 is 5.32 Å². The van der Waals surface area contributed by atoms with Crippen molar-refractivity contribution in [1.82, 2.24) is 15.6 Å². The molecule has 0 spiro atoms. The van der Waals surface area contributed by atoms with Gasteiger partial charge in [0.15, 0.2) is 17.0 Å². The van der Waals surface area contributed by atoms with Gasteiger partial charge in [-0.15, -0.1) is 0 Å². The molecule has 100 valence electrons. The zero-order valence-electron chi connectivity index (χ0n) is 10.4. The van der Waals surface area contributed by atoms with Gasteiger partial charge >= 0.3 is 6.09 Å². The van der Waals surface area contributed by atoms with Gasteiger partial charge in [-0.3, -0.25) is 4.79 Å². The predicted molar refractivity (Wildman–Crippen MR) is 64.6 cm³/mol. The van der Waals surface area contributed by atoms with E-state index >= 15 is 0 Å². The number of aromatic nitrogens is 2. The van der Waals surface area contributed by atoms with Crippen molar-refractivity contribution in [3.8, 4) is 0 Å². The Morgan fingerprint density at radius 1 is 1.50 bits per heavy atom. The van der Waals surface area contributed by atoms with Gasteiger partial charge in [0, 0.05) is 12.3 Å². The third kappa shape index (κ3) is 5.17. The Hall–Kier alpha value is -1.57. The number of hydrogen-bond acceptors (Lipinski definition) is 7. The average Bonchev–Trinajstić information content (AvgIpc) is 2.69. The third-order valence-corrected chi connectivity index (χ3v) is 2.57. The molecular formula is C10H15N3O4S. The molecule has 0 unspecified atom stereocenters. The molecule has 1 aromatic rings. The van der Waals surface area contributed by atoms with Gasteiger partial charge in [-0.05, 0) is 31.1 Å². The van der Waals surface area contributed by atoms with Gasteiger partial charge in [-0.25, -0.2) is 9.42 Å². The van der Waals surface area contributed by atoms with Crippen molar-refractivity contribution in [2.45, 2.75) is 31.4 Å². The number of nitrogens with zero attached hydrogens (tertiary/aromatic N) is 2. The molecule has 0 bridgehead atoms. The number of amides is 1. The molecule has 1 rings (SSSR count). The number of carbonyl (C=O) groups excluding carboxylic acids is 2. The molecule has 0 atom stereocenters. The first-order valence-electron chi connectivity index (χ1n) is 5.30. The lowest BCUT2D eigenvalue weighted by molar-refractivity contribution is 0.0531. The standard InChI is InChI=1S/C10H15N3O4S/c1-10(2,3)16-9(15)11-4-5-18-8-7(6-14)12-17-13-8/h6H,4-5H2,1-3H3,(H,11,15). The van der Waals surface area contributed by atoms with Crippen LogP contribution in [0.4, 0.5) is 4.79 Å². The Morgan fingerprint density at radius 3 is 2.83 bits per heavy atom. The molecule has 0 fully saturated rings. The summed E-state index contributed by atoms with van der Waals surface area (Å²) in [5, 5.41) is 9.98. The minimum absolute atomic E-state index is 0.164. The van der Waals surface area contributed by atoms with E-state index in [0.717, 1.165) is 0 Å². The van der Waals surface area contributed by atoms with Crippen molar-refractivity contribution >= 4 is 24.1 Å². The number of ether oxygens (including phenoxy) is 1. The molecule has 0 aliphatic carbocycles. The zero-order chi connectivity index (χ0) is 13.6. The number of hydrogen-bond donors (Lipinski definition) is 1. The quantitative estimate of drug-likeness (QED) is 0.493. The number of thioether (sulfide) groups is 1. The number of aldehydes is 1. The molecular weight excluding hydrogens is 258 g/mol. The van der Waals surface area contributed by atoms with Crippen LogP contribution in [-0.2, 0) is 4.74 Å². The number of alkyl carbamates (subject to hydrolysis) is 1. The van der Waals surface area contributed by atoms with Gasteiger partial charge in [0.05, 0.1) is 0 Å². The van der Waals surface area contributed by atoms with Crippen LogP contribution in [0.15, 0.2) is 9.65 Å². The molecule has 0 aromatic carbocycles. The highest BCUT2D eigenvalue weighted by Crippen LogP contribution is 2.16. The van der Waals surface area contributed by atoms with Crippen molar-refractivity contribution in [3.63, 3.8) is 0 Å². The minimum atomic E-state index is -0.516. The van der Waals surface area contributed by atoms with E-state index in [0.29, 0.717) is 23.6 Å². The fraction of sp³-hybridized carbons (Fsp3) is 0.600. The first-order chi connectivity index (χ1) is 8.42. The summed E-state index contributed by atoms with van der Waals surface area (Å²) in [7, 11) is 0. The summed E-state index contributed by atoms with van der Waals surface area (Å²) in [6, 6.07) is 0. The largest absolute Gasteiger partial charge is 0.444 e. The molecule has 0 saturated carbocycles. The SMILES string of the molecule is CC(C)(C)OC(=O)NCCSc1nonc1C=O. The topological polar surface area (TPSA) is 94.3 Å². The second-order valence-corrected chi connectivity index (χ2v) is 5.43. The van der Waals surface area contributed by atoms with Crippen LogP contribution in [0.25, 0.3) is 0 Å². The van der Waals surface area contributed by atoms with E-state index < -0.39 is 11.7 Å². The molecule has 0 aliphatic rings. The smallest absolute Gasteiger partial charge is 0.407 e. The van der Waals surface area contributed by atoms with E-state index in [1.54, 1.807) is 20.8 Å². The van der Waals surface area contributed by atoms with Gasteiger partial charge in [0.2, 0.25) is 0 Å². The van der Waals surface area contributed by atoms with Gasteiger partial charge in [0.25, 0.3) is 0 Å². The van der Waals surface area contributed by atoms with Crippen LogP contribution in [0.3, 0.4) is 0 Å². The molecule has 0 aliphatic heterocycles. The Morgan fingerprint density at radius 2 is 2.22 bits per heavy atom. The summed E-state index contributed by atoms with van der Waals surface area (Å²) in [5.41, 5.74) is -0.352. The van der Waals surface area contributed by atoms with Crippen LogP contribution in [0, 0.1) is 0 Å². The zero-order valence-corrected chi connectivity index (χ0v) is 11.2. The Bertz CT molecular complexity index is 414. The van der Waals surface area contributed by atoms with E-state index in [1.165, 1.54) is 11.8 Å². The van der Waals surface area contributed by atoms with Crippen LogP contribution in [0.5, 0.6) is 0 Å². The van der Waals surface area contributed by atoms with Crippen molar-refractivity contribution in [1.29, 1.82) is 0 Å². The lowest BCUT2D eigenvalue weighted by atomic mass is 10.2. The molecule has 0 saturated heterocycles. The fourth-order valence-electron chi connectivity index (χ4n) is 0.974. The van der Waals surface area contributed by atoms with E-state index in [9.17, 15) is 9.59 Å². The molecule has 1 amide bonds. The molecule has 1 aromatic heterocycles. The second kappa shape index (κ2) is 6.39. The van der Waals surface area contributed by atoms with Gasteiger partial charge in [-0.2, -0.15) is 0 Å². The molecule has 8 heteroatoms. The summed E-state index contributed by atoms with van der Waals surface area (Å²) in [6.45, 7) is 5.76. The Balaban J connectivity index is 2.23. The Labute approximate surface area is 109 Å². The van der Waals surface area contributed by atoms with Crippen molar-refractivity contribution in [3.05, 3.63) is 5.69 Å². The van der Waals surface area contributed by atoms with Crippen molar-refractivity contribution in [2.75, 3.05) is 12.3 Å². The monoisotopic (exact) mass is 273 g/mol. The normalized spacial score (nSPS) is 11.1. The number of nitrogens with one attached hydrogen (secondary N) is 1. The summed E-state index contributed by atoms with van der Waals surface area (Å²) in [5.74, 6) is 0.536. The van der Waals surface area contributed by atoms with Crippen molar-refractivity contribution < 1.29 is 19.0 Å². The average molecular weight is 273 g/mol. The highest BCUT2D eigenvalue weighted by atomic mass is 32.2. The summed E-state index contributed by atoms with van der Waals surface area (Å²) in [4.78, 5) is 21.8. The lowest BCUT2D eigenvalue weighted by Gasteiger charge is -2.19. The second-order valence-electron chi connectivity index (χ2n) is 4.35. The first kappa shape index (κ1) is 14.5. The summed E-state index contributed by atoms with van der Waals surface area (Å²) < 4.78 is 9.47. The van der Waals surface area contributed by atoms with E-state index in [2.05, 4.69) is 20.3 Å². The van der Waals surface area contributed by atoms with Crippen LogP contribution in [-0.4, -0.2) is 40.6 Å². The lowest BCUT2D eigenvalue weighted by Crippen LogP contribution is -2.33. The first-order valence-corrected chi connectivity index (χ1v) is 6.28. The molecule has 1 heterocycles. The highest BCUT2D eigenvalue weighted by molar-refractivity contribution is 7.99. The van der Waals surface area contributed by atoms with Gasteiger partial charge < -0.3 is 10.1 Å². The minimum Gasteiger partial charge on any atom is -0.444 e. The molecule has 0 radical (unpaired) electrons. The summed E-state index contributed by atoms with van der Waals surface area (Å²) >= 11 is 1.27. The Kier molecular flexibility index (Phi) is 5.14. The van der Waals surface area contributed by atoms with E-state index in [4.69, 9.17) is 4.74 Å².